The molecule has 1 unspecified atom stereocenters. The standard InChI is InChI=1S/C14H18N2O3S/c1-5-9-6-10-12(20-9)15-11(7(2)3)16(13(10)17)8(4)14(18)19/h6-8H,5H2,1-4H3,(H,18,19). The SMILES string of the molecule is CCc1cc2c(=O)n(C(C)C(=O)O)c(C(C)C)nc2s1. The predicted octanol–water partition coefficient (Wildman–Crippen LogP) is 2.79. The minimum absolute atomic E-state index is 0.0129. The highest BCUT2D eigenvalue weighted by Crippen LogP contribution is 2.25. The van der Waals surface area contributed by atoms with Gasteiger partial charge in [-0.05, 0) is 19.4 Å². The molecule has 20 heavy (non-hydrogen) atoms. The molecule has 0 aliphatic carbocycles. The lowest BCUT2D eigenvalue weighted by atomic mass is 10.1. The van der Waals surface area contributed by atoms with E-state index < -0.39 is 12.0 Å². The molecule has 0 saturated heterocycles. The molecule has 0 saturated carbocycles. The third-order valence-corrected chi connectivity index (χ3v) is 4.46. The number of thiophene rings is 1. The van der Waals surface area contributed by atoms with Crippen molar-refractivity contribution in [3.8, 4) is 0 Å². The summed E-state index contributed by atoms with van der Waals surface area (Å²) in [4.78, 5) is 30.1. The molecule has 0 amide bonds. The van der Waals surface area contributed by atoms with Gasteiger partial charge in [0, 0.05) is 10.8 Å². The van der Waals surface area contributed by atoms with Crippen molar-refractivity contribution < 1.29 is 9.90 Å². The summed E-state index contributed by atoms with van der Waals surface area (Å²) in [6.45, 7) is 7.35. The second kappa shape index (κ2) is 5.36. The number of carbonyl (C=O) groups is 1. The number of aliphatic carboxylic acids is 1. The van der Waals surface area contributed by atoms with Gasteiger partial charge in [0.05, 0.1) is 5.39 Å². The summed E-state index contributed by atoms with van der Waals surface area (Å²) in [6.07, 6.45) is 0.839. The fourth-order valence-electron chi connectivity index (χ4n) is 2.13. The second-order valence-corrected chi connectivity index (χ2v) is 6.21. The largest absolute Gasteiger partial charge is 0.480 e. The average Bonchev–Trinajstić information content (AvgIpc) is 2.81. The van der Waals surface area contributed by atoms with E-state index in [2.05, 4.69) is 4.98 Å². The highest BCUT2D eigenvalue weighted by atomic mass is 32.1. The van der Waals surface area contributed by atoms with Crippen molar-refractivity contribution in [3.05, 3.63) is 27.1 Å². The maximum atomic E-state index is 12.6. The summed E-state index contributed by atoms with van der Waals surface area (Å²) in [5.41, 5.74) is -0.260. The van der Waals surface area contributed by atoms with Gasteiger partial charge in [-0.3, -0.25) is 9.36 Å². The monoisotopic (exact) mass is 294 g/mol. The van der Waals surface area contributed by atoms with Crippen LogP contribution in [0.3, 0.4) is 0 Å². The number of aromatic nitrogens is 2. The number of nitrogens with zero attached hydrogens (tertiary/aromatic N) is 2. The molecule has 0 bridgehead atoms. The van der Waals surface area contributed by atoms with Crippen LogP contribution in [0.25, 0.3) is 10.2 Å². The van der Waals surface area contributed by atoms with Gasteiger partial charge in [0.25, 0.3) is 5.56 Å². The first kappa shape index (κ1) is 14.7. The normalized spacial score (nSPS) is 13.1. The number of aryl methyl sites for hydroxylation is 1. The molecule has 5 nitrogen and oxygen atoms in total. The highest BCUT2D eigenvalue weighted by molar-refractivity contribution is 7.18. The molecular formula is C14H18N2O3S. The van der Waals surface area contributed by atoms with Crippen LogP contribution in [-0.2, 0) is 11.2 Å². The van der Waals surface area contributed by atoms with E-state index in [0.717, 1.165) is 11.3 Å². The first-order chi connectivity index (χ1) is 9.36. The maximum Gasteiger partial charge on any atom is 0.326 e. The first-order valence-corrected chi connectivity index (χ1v) is 7.46. The zero-order valence-corrected chi connectivity index (χ0v) is 12.8. The zero-order chi connectivity index (χ0) is 15.0. The molecular weight excluding hydrogens is 276 g/mol. The number of fused-ring (bicyclic) bond motifs is 1. The topological polar surface area (TPSA) is 72.2 Å². The smallest absolute Gasteiger partial charge is 0.326 e. The van der Waals surface area contributed by atoms with Gasteiger partial charge >= 0.3 is 5.97 Å². The van der Waals surface area contributed by atoms with Gasteiger partial charge in [-0.25, -0.2) is 9.78 Å². The van der Waals surface area contributed by atoms with Gasteiger partial charge < -0.3 is 5.11 Å². The highest BCUT2D eigenvalue weighted by Gasteiger charge is 2.23. The van der Waals surface area contributed by atoms with E-state index in [4.69, 9.17) is 0 Å². The van der Waals surface area contributed by atoms with Gasteiger partial charge in [-0.15, -0.1) is 11.3 Å². The van der Waals surface area contributed by atoms with Crippen LogP contribution in [0.15, 0.2) is 10.9 Å². The van der Waals surface area contributed by atoms with E-state index in [0.29, 0.717) is 16.0 Å². The van der Waals surface area contributed by atoms with Crippen LogP contribution in [0.4, 0.5) is 0 Å². The number of carboxylic acid groups (broad SMARTS) is 1. The predicted molar refractivity (Wildman–Crippen MR) is 79.7 cm³/mol. The molecule has 108 valence electrons. The molecule has 0 aromatic carbocycles. The van der Waals surface area contributed by atoms with Crippen LogP contribution in [0.5, 0.6) is 0 Å². The molecule has 0 aliphatic heterocycles. The van der Waals surface area contributed by atoms with E-state index in [1.54, 1.807) is 0 Å². The van der Waals surface area contributed by atoms with E-state index >= 15 is 0 Å². The summed E-state index contributed by atoms with van der Waals surface area (Å²) in [5, 5.41) is 9.72. The van der Waals surface area contributed by atoms with Gasteiger partial charge in [-0.2, -0.15) is 0 Å². The zero-order valence-electron chi connectivity index (χ0n) is 12.0. The van der Waals surface area contributed by atoms with E-state index in [9.17, 15) is 14.7 Å². The molecule has 1 atom stereocenters. The molecule has 0 fully saturated rings. The van der Waals surface area contributed by atoms with Crippen LogP contribution in [-0.4, -0.2) is 20.6 Å². The Morgan fingerprint density at radius 1 is 1.45 bits per heavy atom. The van der Waals surface area contributed by atoms with Crippen molar-refractivity contribution in [1.29, 1.82) is 0 Å². The minimum Gasteiger partial charge on any atom is -0.480 e. The number of hydrogen-bond donors (Lipinski definition) is 1. The van der Waals surface area contributed by atoms with Crippen molar-refractivity contribution >= 4 is 27.5 Å². The van der Waals surface area contributed by atoms with Crippen molar-refractivity contribution in [2.75, 3.05) is 0 Å². The Morgan fingerprint density at radius 3 is 2.60 bits per heavy atom. The van der Waals surface area contributed by atoms with Gasteiger partial charge in [0.15, 0.2) is 0 Å². The number of hydrogen-bond acceptors (Lipinski definition) is 4. The average molecular weight is 294 g/mol. The number of carboxylic acids is 1. The molecule has 1 N–H and O–H groups in total. The molecule has 2 heterocycles. The van der Waals surface area contributed by atoms with E-state index in [1.807, 2.05) is 26.8 Å². The Morgan fingerprint density at radius 2 is 2.10 bits per heavy atom. The fourth-order valence-corrected chi connectivity index (χ4v) is 3.09. The van der Waals surface area contributed by atoms with Gasteiger partial charge in [0.2, 0.25) is 0 Å². The van der Waals surface area contributed by atoms with Crippen LogP contribution >= 0.6 is 11.3 Å². The first-order valence-electron chi connectivity index (χ1n) is 6.64. The molecule has 6 heteroatoms. The van der Waals surface area contributed by atoms with Crippen molar-refractivity contribution in [3.63, 3.8) is 0 Å². The third-order valence-electron chi connectivity index (χ3n) is 3.29. The van der Waals surface area contributed by atoms with Crippen molar-refractivity contribution in [2.45, 2.75) is 46.1 Å². The summed E-state index contributed by atoms with van der Waals surface area (Å²) in [5.74, 6) is -0.510. The summed E-state index contributed by atoms with van der Waals surface area (Å²) in [7, 11) is 0. The lowest BCUT2D eigenvalue weighted by Crippen LogP contribution is -2.32. The molecule has 0 spiro atoms. The van der Waals surface area contributed by atoms with Crippen LogP contribution in [0.1, 0.15) is 50.4 Å². The molecule has 0 aliphatic rings. The Labute approximate surface area is 120 Å². The second-order valence-electron chi connectivity index (χ2n) is 5.10. The molecule has 0 radical (unpaired) electrons. The Balaban J connectivity index is 2.82. The van der Waals surface area contributed by atoms with E-state index in [-0.39, 0.29) is 11.5 Å². The molecule has 2 rings (SSSR count). The van der Waals surface area contributed by atoms with E-state index in [1.165, 1.54) is 22.8 Å². The van der Waals surface area contributed by atoms with Gasteiger partial charge in [0.1, 0.15) is 16.7 Å². The summed E-state index contributed by atoms with van der Waals surface area (Å²) < 4.78 is 1.31. The third kappa shape index (κ3) is 2.35. The Bertz CT molecular complexity index is 715. The lowest BCUT2D eigenvalue weighted by molar-refractivity contribution is -0.140. The Kier molecular flexibility index (Phi) is 3.94. The van der Waals surface area contributed by atoms with Crippen LogP contribution < -0.4 is 5.56 Å². The van der Waals surface area contributed by atoms with Crippen molar-refractivity contribution in [2.24, 2.45) is 0 Å². The lowest BCUT2D eigenvalue weighted by Gasteiger charge is -2.17. The summed E-state index contributed by atoms with van der Waals surface area (Å²) >= 11 is 1.50. The minimum atomic E-state index is -1.03. The van der Waals surface area contributed by atoms with Crippen LogP contribution in [0, 0.1) is 0 Å². The molecule has 2 aromatic heterocycles. The van der Waals surface area contributed by atoms with Crippen molar-refractivity contribution in [1.82, 2.24) is 9.55 Å². The fraction of sp³-hybridized carbons (Fsp3) is 0.500. The van der Waals surface area contributed by atoms with Gasteiger partial charge in [-0.1, -0.05) is 20.8 Å². The molecule has 2 aromatic rings. The van der Waals surface area contributed by atoms with Crippen LogP contribution in [0.2, 0.25) is 0 Å². The quantitative estimate of drug-likeness (QED) is 0.941. The number of rotatable bonds is 4. The Hall–Kier alpha value is -1.69. The maximum absolute atomic E-state index is 12.6. The summed E-state index contributed by atoms with van der Waals surface area (Å²) in [6, 6.07) is 0.909.